The van der Waals surface area contributed by atoms with Crippen molar-refractivity contribution in [2.24, 2.45) is 20.0 Å². The first-order valence-corrected chi connectivity index (χ1v) is 6.50. The van der Waals surface area contributed by atoms with Crippen molar-refractivity contribution in [2.45, 2.75) is 38.8 Å². The van der Waals surface area contributed by atoms with Crippen LogP contribution in [0.3, 0.4) is 0 Å². The molecule has 1 aliphatic rings. The van der Waals surface area contributed by atoms with Gasteiger partial charge in [0.05, 0.1) is 0 Å². The lowest BCUT2D eigenvalue weighted by Gasteiger charge is -2.32. The third-order valence-electron chi connectivity index (χ3n) is 4.09. The summed E-state index contributed by atoms with van der Waals surface area (Å²) < 4.78 is 2.65. The van der Waals surface area contributed by atoms with Crippen molar-refractivity contribution in [1.29, 1.82) is 0 Å². The highest BCUT2D eigenvalue weighted by Gasteiger charge is 2.23. The van der Waals surface area contributed by atoms with E-state index in [4.69, 9.17) is 0 Å². The van der Waals surface area contributed by atoms with Crippen LogP contribution in [-0.4, -0.2) is 15.2 Å². The Morgan fingerprint density at radius 2 is 2.00 bits per heavy atom. The third kappa shape index (κ3) is 2.41. The predicted molar refractivity (Wildman–Crippen MR) is 70.6 cm³/mol. The van der Waals surface area contributed by atoms with Gasteiger partial charge in [-0.25, -0.2) is 4.79 Å². The number of rotatable bonds is 4. The van der Waals surface area contributed by atoms with Crippen LogP contribution in [0.4, 0.5) is 0 Å². The molecule has 100 valence electrons. The molecule has 1 aromatic heterocycles. The molecule has 0 radical (unpaired) electrons. The highest BCUT2D eigenvalue weighted by molar-refractivity contribution is 5.02. The SMILES string of the molecule is CC(NCc1cc(=O)n(C)c(=O)n1C)C1CCC1. The second-order valence-corrected chi connectivity index (χ2v) is 5.24. The monoisotopic (exact) mass is 251 g/mol. The van der Waals surface area contributed by atoms with Crippen LogP contribution in [-0.2, 0) is 20.6 Å². The molecule has 1 fully saturated rings. The van der Waals surface area contributed by atoms with Gasteiger partial charge in [-0.15, -0.1) is 0 Å². The van der Waals surface area contributed by atoms with E-state index in [9.17, 15) is 9.59 Å². The fourth-order valence-electron chi connectivity index (χ4n) is 2.32. The largest absolute Gasteiger partial charge is 0.330 e. The van der Waals surface area contributed by atoms with Crippen LogP contribution >= 0.6 is 0 Å². The van der Waals surface area contributed by atoms with E-state index in [0.29, 0.717) is 12.6 Å². The zero-order valence-electron chi connectivity index (χ0n) is 11.3. The van der Waals surface area contributed by atoms with E-state index in [1.54, 1.807) is 7.05 Å². The number of aromatic nitrogens is 2. The van der Waals surface area contributed by atoms with Gasteiger partial charge < -0.3 is 5.32 Å². The van der Waals surface area contributed by atoms with Crippen molar-refractivity contribution in [3.63, 3.8) is 0 Å². The summed E-state index contributed by atoms with van der Waals surface area (Å²) in [5.41, 5.74) is 0.232. The minimum atomic E-state index is -0.268. The van der Waals surface area contributed by atoms with E-state index in [1.165, 1.54) is 36.9 Å². The molecule has 5 nitrogen and oxygen atoms in total. The fourth-order valence-corrected chi connectivity index (χ4v) is 2.32. The van der Waals surface area contributed by atoms with Gasteiger partial charge in [0.2, 0.25) is 0 Å². The van der Waals surface area contributed by atoms with E-state index >= 15 is 0 Å². The van der Waals surface area contributed by atoms with Crippen molar-refractivity contribution in [2.75, 3.05) is 0 Å². The van der Waals surface area contributed by atoms with Crippen LogP contribution in [0.5, 0.6) is 0 Å². The molecular weight excluding hydrogens is 230 g/mol. The molecule has 0 aromatic carbocycles. The molecule has 0 spiro atoms. The summed E-state index contributed by atoms with van der Waals surface area (Å²) in [4.78, 5) is 23.3. The molecule has 5 heteroatoms. The Labute approximate surface area is 106 Å². The average molecular weight is 251 g/mol. The van der Waals surface area contributed by atoms with Crippen molar-refractivity contribution < 1.29 is 0 Å². The normalized spacial score (nSPS) is 17.5. The summed E-state index contributed by atoms with van der Waals surface area (Å²) in [5, 5.41) is 3.41. The fraction of sp³-hybridized carbons (Fsp3) is 0.692. The van der Waals surface area contributed by atoms with E-state index in [0.717, 1.165) is 16.2 Å². The van der Waals surface area contributed by atoms with E-state index < -0.39 is 0 Å². The quantitative estimate of drug-likeness (QED) is 0.840. The lowest BCUT2D eigenvalue weighted by molar-refractivity contribution is 0.239. The summed E-state index contributed by atoms with van der Waals surface area (Å²) in [6.07, 6.45) is 3.88. The van der Waals surface area contributed by atoms with Crippen LogP contribution in [0, 0.1) is 5.92 Å². The maximum Gasteiger partial charge on any atom is 0.330 e. The van der Waals surface area contributed by atoms with Crippen molar-refractivity contribution >= 4 is 0 Å². The van der Waals surface area contributed by atoms with Gasteiger partial charge >= 0.3 is 5.69 Å². The van der Waals surface area contributed by atoms with Gasteiger partial charge in [-0.2, -0.15) is 0 Å². The first kappa shape index (κ1) is 13.1. The summed E-state index contributed by atoms with van der Waals surface area (Å²) in [5.74, 6) is 0.744. The molecule has 1 saturated carbocycles. The van der Waals surface area contributed by atoms with E-state index in [1.807, 2.05) is 0 Å². The van der Waals surface area contributed by atoms with Crippen molar-refractivity contribution in [3.8, 4) is 0 Å². The lowest BCUT2D eigenvalue weighted by atomic mass is 9.80. The summed E-state index contributed by atoms with van der Waals surface area (Å²) >= 11 is 0. The standard InChI is InChI=1S/C13H21N3O2/c1-9(10-5-4-6-10)14-8-11-7-12(17)16(3)13(18)15(11)2/h7,9-10,14H,4-6,8H2,1-3H3. The second-order valence-electron chi connectivity index (χ2n) is 5.24. The maximum absolute atomic E-state index is 11.8. The molecule has 1 atom stereocenters. The molecular formula is C13H21N3O2. The molecule has 18 heavy (non-hydrogen) atoms. The Morgan fingerprint density at radius 3 is 2.56 bits per heavy atom. The van der Waals surface area contributed by atoms with Gasteiger partial charge in [0.1, 0.15) is 0 Å². The van der Waals surface area contributed by atoms with Gasteiger partial charge in [-0.1, -0.05) is 6.42 Å². The Morgan fingerprint density at radius 1 is 1.33 bits per heavy atom. The third-order valence-corrected chi connectivity index (χ3v) is 4.09. The molecule has 0 aliphatic heterocycles. The summed E-state index contributed by atoms with van der Waals surface area (Å²) in [6, 6.07) is 1.97. The maximum atomic E-state index is 11.8. The lowest BCUT2D eigenvalue weighted by Crippen LogP contribution is -2.41. The van der Waals surface area contributed by atoms with Crippen LogP contribution in [0.2, 0.25) is 0 Å². The molecule has 1 aromatic rings. The number of nitrogens with zero attached hydrogens (tertiary/aromatic N) is 2. The molecule has 1 aliphatic carbocycles. The summed E-state index contributed by atoms with van der Waals surface area (Å²) in [7, 11) is 3.20. The van der Waals surface area contributed by atoms with Crippen LogP contribution in [0.1, 0.15) is 31.9 Å². The zero-order valence-corrected chi connectivity index (χ0v) is 11.3. The average Bonchev–Trinajstić information content (AvgIpc) is 2.27. The highest BCUT2D eigenvalue weighted by Crippen LogP contribution is 2.29. The Bertz CT molecular complexity index is 540. The zero-order chi connectivity index (χ0) is 13.3. The minimum absolute atomic E-state index is 0.244. The number of hydrogen-bond donors (Lipinski definition) is 1. The van der Waals surface area contributed by atoms with Crippen molar-refractivity contribution in [1.82, 2.24) is 14.5 Å². The van der Waals surface area contributed by atoms with Gasteiger partial charge in [0.15, 0.2) is 0 Å². The van der Waals surface area contributed by atoms with Crippen LogP contribution < -0.4 is 16.6 Å². The van der Waals surface area contributed by atoms with Crippen LogP contribution in [0.25, 0.3) is 0 Å². The second kappa shape index (κ2) is 5.10. The van der Waals surface area contributed by atoms with Gasteiger partial charge in [0.25, 0.3) is 5.56 Å². The molecule has 1 N–H and O–H groups in total. The predicted octanol–water partition coefficient (Wildman–Crippen LogP) is 0.362. The molecule has 0 bridgehead atoms. The van der Waals surface area contributed by atoms with Gasteiger partial charge in [0, 0.05) is 38.4 Å². The summed E-state index contributed by atoms with van der Waals surface area (Å²) in [6.45, 7) is 2.74. The van der Waals surface area contributed by atoms with Gasteiger partial charge in [-0.3, -0.25) is 13.9 Å². The smallest absolute Gasteiger partial charge is 0.308 e. The highest BCUT2D eigenvalue weighted by atomic mass is 16.2. The Kier molecular flexibility index (Phi) is 3.71. The first-order chi connectivity index (χ1) is 8.50. The van der Waals surface area contributed by atoms with E-state index in [2.05, 4.69) is 12.2 Å². The Balaban J connectivity index is 2.09. The molecule has 1 unspecified atom stereocenters. The number of nitrogens with one attached hydrogen (secondary N) is 1. The van der Waals surface area contributed by atoms with Gasteiger partial charge in [-0.05, 0) is 25.7 Å². The molecule has 2 rings (SSSR count). The molecule has 0 amide bonds. The van der Waals surface area contributed by atoms with Crippen molar-refractivity contribution in [3.05, 3.63) is 32.6 Å². The topological polar surface area (TPSA) is 56.0 Å². The number of hydrogen-bond acceptors (Lipinski definition) is 3. The first-order valence-electron chi connectivity index (χ1n) is 6.50. The van der Waals surface area contributed by atoms with Crippen LogP contribution in [0.15, 0.2) is 15.7 Å². The minimum Gasteiger partial charge on any atom is -0.308 e. The molecule has 1 heterocycles. The van der Waals surface area contributed by atoms with E-state index in [-0.39, 0.29) is 11.2 Å². The Hall–Kier alpha value is -1.36. The molecule has 0 saturated heterocycles.